The van der Waals surface area contributed by atoms with Crippen LogP contribution in [-0.4, -0.2) is 21.8 Å². The molecule has 6 heteroatoms. The Balaban J connectivity index is 1.71. The van der Waals surface area contributed by atoms with Gasteiger partial charge in [0.15, 0.2) is 5.82 Å². The molecular weight excluding hydrogens is 270 g/mol. The molecule has 0 unspecified atom stereocenters. The van der Waals surface area contributed by atoms with Crippen LogP contribution in [0, 0.1) is 0 Å². The van der Waals surface area contributed by atoms with Crippen molar-refractivity contribution in [2.75, 3.05) is 0 Å². The number of hydrogen-bond donors (Lipinski definition) is 1. The average Bonchev–Trinajstić information content (AvgIpc) is 2.67. The first-order valence-electron chi connectivity index (χ1n) is 7.73. The van der Waals surface area contributed by atoms with Gasteiger partial charge in [0, 0.05) is 5.92 Å². The van der Waals surface area contributed by atoms with Gasteiger partial charge in [-0.3, -0.25) is 0 Å². The highest BCUT2D eigenvalue weighted by Crippen LogP contribution is 2.42. The summed E-state index contributed by atoms with van der Waals surface area (Å²) >= 11 is 0. The molecular formula is C15H23N3O3. The molecule has 3 rings (SSSR count). The fourth-order valence-electron chi connectivity index (χ4n) is 2.68. The third-order valence-corrected chi connectivity index (χ3v) is 4.27. The first kappa shape index (κ1) is 14.4. The van der Waals surface area contributed by atoms with E-state index in [-0.39, 0.29) is 0 Å². The quantitative estimate of drug-likeness (QED) is 0.925. The van der Waals surface area contributed by atoms with Gasteiger partial charge in [-0.05, 0) is 52.9 Å². The van der Waals surface area contributed by atoms with Gasteiger partial charge in [0.25, 0.3) is 0 Å². The lowest BCUT2D eigenvalue weighted by molar-refractivity contribution is 0.0362. The summed E-state index contributed by atoms with van der Waals surface area (Å²) in [4.78, 5) is 16.6. The predicted molar refractivity (Wildman–Crippen MR) is 75.8 cm³/mol. The molecule has 1 heterocycles. The molecule has 2 aliphatic carbocycles. The van der Waals surface area contributed by atoms with Crippen LogP contribution in [0.5, 0.6) is 0 Å². The lowest BCUT2D eigenvalue weighted by Gasteiger charge is -2.39. The number of aromatic nitrogens is 2. The normalized spacial score (nSPS) is 21.3. The van der Waals surface area contributed by atoms with Crippen molar-refractivity contribution < 1.29 is 14.1 Å². The van der Waals surface area contributed by atoms with Crippen LogP contribution in [0.25, 0.3) is 0 Å². The Morgan fingerprint density at radius 3 is 2.52 bits per heavy atom. The summed E-state index contributed by atoms with van der Waals surface area (Å²) in [5.74, 6) is 1.72. The minimum Gasteiger partial charge on any atom is -0.444 e. The summed E-state index contributed by atoms with van der Waals surface area (Å²) in [6, 6.07) is 0. The first-order chi connectivity index (χ1) is 9.88. The third-order valence-electron chi connectivity index (χ3n) is 4.27. The molecule has 0 aliphatic heterocycles. The summed E-state index contributed by atoms with van der Waals surface area (Å²) in [6.07, 6.45) is 5.75. The number of nitrogens with zero attached hydrogens (tertiary/aromatic N) is 2. The van der Waals surface area contributed by atoms with E-state index in [1.807, 2.05) is 20.8 Å². The molecule has 0 aromatic carbocycles. The average molecular weight is 293 g/mol. The van der Waals surface area contributed by atoms with E-state index in [1.165, 1.54) is 6.42 Å². The summed E-state index contributed by atoms with van der Waals surface area (Å²) in [6.45, 7) is 5.55. The maximum atomic E-state index is 12.0. The Kier molecular flexibility index (Phi) is 3.42. The number of alkyl carbamates (subject to hydrolysis) is 1. The Labute approximate surface area is 124 Å². The van der Waals surface area contributed by atoms with Crippen molar-refractivity contribution in [1.82, 2.24) is 15.5 Å². The summed E-state index contributed by atoms with van der Waals surface area (Å²) in [5, 5.41) is 7.05. The predicted octanol–water partition coefficient (Wildman–Crippen LogP) is 3.24. The topological polar surface area (TPSA) is 77.2 Å². The van der Waals surface area contributed by atoms with E-state index in [0.29, 0.717) is 17.6 Å². The second-order valence-corrected chi connectivity index (χ2v) is 7.15. The van der Waals surface area contributed by atoms with Crippen LogP contribution in [0.4, 0.5) is 4.79 Å². The Bertz CT molecular complexity index is 525. The van der Waals surface area contributed by atoms with E-state index in [1.54, 1.807) is 0 Å². The number of carbonyl (C=O) groups excluding carboxylic acids is 1. The molecule has 2 fully saturated rings. The monoisotopic (exact) mass is 293 g/mol. The van der Waals surface area contributed by atoms with E-state index >= 15 is 0 Å². The van der Waals surface area contributed by atoms with Crippen LogP contribution in [0.1, 0.15) is 76.9 Å². The molecule has 6 nitrogen and oxygen atoms in total. The Morgan fingerprint density at radius 2 is 2.05 bits per heavy atom. The van der Waals surface area contributed by atoms with E-state index in [2.05, 4.69) is 15.5 Å². The highest BCUT2D eigenvalue weighted by molar-refractivity contribution is 5.69. The van der Waals surface area contributed by atoms with Crippen molar-refractivity contribution in [3.63, 3.8) is 0 Å². The molecule has 0 spiro atoms. The molecule has 2 saturated carbocycles. The molecule has 2 aliphatic rings. The number of amides is 1. The molecule has 0 radical (unpaired) electrons. The lowest BCUT2D eigenvalue weighted by atomic mass is 9.76. The zero-order valence-corrected chi connectivity index (χ0v) is 12.9. The van der Waals surface area contributed by atoms with Gasteiger partial charge in [0.05, 0.1) is 0 Å². The van der Waals surface area contributed by atoms with Crippen molar-refractivity contribution in [3.8, 4) is 0 Å². The van der Waals surface area contributed by atoms with Crippen molar-refractivity contribution in [3.05, 3.63) is 11.7 Å². The number of carbonyl (C=O) groups is 1. The molecule has 0 bridgehead atoms. The van der Waals surface area contributed by atoms with Crippen LogP contribution < -0.4 is 5.32 Å². The number of rotatable bonds is 3. The minimum absolute atomic E-state index is 0.407. The SMILES string of the molecule is CC(C)(C)OC(=O)NC1(c2noc(C3CCC3)n2)CCC1. The highest BCUT2D eigenvalue weighted by Gasteiger charge is 2.45. The smallest absolute Gasteiger partial charge is 0.408 e. The largest absolute Gasteiger partial charge is 0.444 e. The first-order valence-corrected chi connectivity index (χ1v) is 7.73. The maximum Gasteiger partial charge on any atom is 0.408 e. The van der Waals surface area contributed by atoms with Gasteiger partial charge in [-0.1, -0.05) is 11.6 Å². The molecule has 1 N–H and O–H groups in total. The fourth-order valence-corrected chi connectivity index (χ4v) is 2.68. The molecule has 0 saturated heterocycles. The maximum absolute atomic E-state index is 12.0. The van der Waals surface area contributed by atoms with Gasteiger partial charge in [-0.15, -0.1) is 0 Å². The van der Waals surface area contributed by atoms with Gasteiger partial charge in [0.2, 0.25) is 5.89 Å². The summed E-state index contributed by atoms with van der Waals surface area (Å²) in [5.41, 5.74) is -1.02. The van der Waals surface area contributed by atoms with Crippen molar-refractivity contribution in [1.29, 1.82) is 0 Å². The van der Waals surface area contributed by atoms with Gasteiger partial charge in [0.1, 0.15) is 11.1 Å². The number of nitrogens with one attached hydrogen (secondary N) is 1. The van der Waals surface area contributed by atoms with E-state index in [0.717, 1.165) is 32.1 Å². The van der Waals surface area contributed by atoms with Crippen LogP contribution in [0.3, 0.4) is 0 Å². The Morgan fingerprint density at radius 1 is 1.33 bits per heavy atom. The van der Waals surface area contributed by atoms with Crippen molar-refractivity contribution in [2.45, 2.75) is 76.4 Å². The highest BCUT2D eigenvalue weighted by atomic mass is 16.6. The number of ether oxygens (including phenoxy) is 1. The number of hydrogen-bond acceptors (Lipinski definition) is 5. The second-order valence-electron chi connectivity index (χ2n) is 7.15. The molecule has 0 atom stereocenters. The summed E-state index contributed by atoms with van der Waals surface area (Å²) in [7, 11) is 0. The van der Waals surface area contributed by atoms with Gasteiger partial charge < -0.3 is 14.6 Å². The molecule has 21 heavy (non-hydrogen) atoms. The van der Waals surface area contributed by atoms with Gasteiger partial charge >= 0.3 is 6.09 Å². The molecule has 1 amide bonds. The van der Waals surface area contributed by atoms with Crippen LogP contribution in [0.2, 0.25) is 0 Å². The van der Waals surface area contributed by atoms with Crippen LogP contribution in [-0.2, 0) is 10.3 Å². The van der Waals surface area contributed by atoms with Gasteiger partial charge in [-0.2, -0.15) is 4.98 Å². The summed E-state index contributed by atoms with van der Waals surface area (Å²) < 4.78 is 10.7. The second kappa shape index (κ2) is 5.00. The minimum atomic E-state index is -0.511. The van der Waals surface area contributed by atoms with Gasteiger partial charge in [-0.25, -0.2) is 4.79 Å². The van der Waals surface area contributed by atoms with Crippen molar-refractivity contribution in [2.24, 2.45) is 0 Å². The molecule has 1 aromatic heterocycles. The molecule has 1 aromatic rings. The zero-order valence-electron chi connectivity index (χ0n) is 12.9. The van der Waals surface area contributed by atoms with Crippen LogP contribution >= 0.6 is 0 Å². The van der Waals surface area contributed by atoms with Crippen LogP contribution in [0.15, 0.2) is 4.52 Å². The molecule has 116 valence electrons. The van der Waals surface area contributed by atoms with E-state index in [9.17, 15) is 4.79 Å². The zero-order chi connectivity index (χ0) is 15.1. The third kappa shape index (κ3) is 2.89. The fraction of sp³-hybridized carbons (Fsp3) is 0.800. The Hall–Kier alpha value is -1.59. The van der Waals surface area contributed by atoms with Crippen molar-refractivity contribution >= 4 is 6.09 Å². The van der Waals surface area contributed by atoms with E-state index in [4.69, 9.17) is 9.26 Å². The lowest BCUT2D eigenvalue weighted by Crippen LogP contribution is -2.52. The standard InChI is InChI=1S/C15H23N3O3/c1-14(2,3)20-13(19)17-15(8-5-9-15)12-16-11(21-18-12)10-6-4-7-10/h10H,4-9H2,1-3H3,(H,17,19). The van der Waals surface area contributed by atoms with E-state index < -0.39 is 17.2 Å².